The maximum atomic E-state index is 11.2. The molecule has 0 aromatic rings. The van der Waals surface area contributed by atoms with E-state index in [-0.39, 0.29) is 38.9 Å². The number of carboxylic acid groups (broad SMARTS) is 2. The molecule has 0 aliphatic heterocycles. The molecule has 0 fully saturated rings. The quantitative estimate of drug-likeness (QED) is 0.202. The largest absolute Gasteiger partial charge is 0.481 e. The van der Waals surface area contributed by atoms with E-state index in [0.29, 0.717) is 25.7 Å². The van der Waals surface area contributed by atoms with Crippen LogP contribution in [0.3, 0.4) is 0 Å². The summed E-state index contributed by atoms with van der Waals surface area (Å²) in [5.41, 5.74) is 0. The highest BCUT2D eigenvalue weighted by atomic mass is 16.7. The van der Waals surface area contributed by atoms with E-state index in [0.717, 1.165) is 0 Å². The molecule has 0 atom stereocenters. The van der Waals surface area contributed by atoms with Crippen molar-refractivity contribution < 1.29 is 49.1 Å². The van der Waals surface area contributed by atoms with Crippen LogP contribution in [0.2, 0.25) is 0 Å². The molecule has 0 bridgehead atoms. The highest BCUT2D eigenvalue weighted by Gasteiger charge is 2.07. The molecular weight excluding hydrogens is 340 g/mol. The second-order valence-electron chi connectivity index (χ2n) is 4.80. The summed E-state index contributed by atoms with van der Waals surface area (Å²) < 4.78 is 9.28. The number of carbonyl (C=O) groups is 4. The number of hydrogen-bond donors (Lipinski definition) is 4. The summed E-state index contributed by atoms with van der Waals surface area (Å²) in [7, 11) is 0. The standard InChI is InChI=1S/C13H20O8.C2H6O2/c14-10(15)5-1-3-7-12(18)20-9-21-13(19)8-4-2-6-11(16)17;3-1-2-4/h1-9H2,(H,14,15)(H,16,17);3-4H,1-2H2. The fourth-order valence-corrected chi connectivity index (χ4v) is 1.40. The van der Waals surface area contributed by atoms with Gasteiger partial charge in [0.1, 0.15) is 0 Å². The zero-order valence-electron chi connectivity index (χ0n) is 14.0. The molecule has 0 unspecified atom stereocenters. The summed E-state index contributed by atoms with van der Waals surface area (Å²) in [6, 6.07) is 0. The number of ether oxygens (including phenoxy) is 2. The average molecular weight is 366 g/mol. The van der Waals surface area contributed by atoms with Crippen molar-refractivity contribution in [1.82, 2.24) is 0 Å². The van der Waals surface area contributed by atoms with E-state index in [9.17, 15) is 19.2 Å². The highest BCUT2D eigenvalue weighted by Crippen LogP contribution is 2.03. The van der Waals surface area contributed by atoms with Crippen molar-refractivity contribution in [1.29, 1.82) is 0 Å². The first-order valence-electron chi connectivity index (χ1n) is 7.80. The van der Waals surface area contributed by atoms with Crippen LogP contribution in [0, 0.1) is 0 Å². The molecule has 10 nitrogen and oxygen atoms in total. The van der Waals surface area contributed by atoms with Crippen molar-refractivity contribution in [3.8, 4) is 0 Å². The number of esters is 2. The maximum Gasteiger partial charge on any atom is 0.308 e. The van der Waals surface area contributed by atoms with E-state index in [1.54, 1.807) is 0 Å². The second-order valence-corrected chi connectivity index (χ2v) is 4.80. The molecule has 4 N–H and O–H groups in total. The Morgan fingerprint density at radius 2 is 0.920 bits per heavy atom. The third kappa shape index (κ3) is 24.2. The molecule has 146 valence electrons. The summed E-state index contributed by atoms with van der Waals surface area (Å²) in [6.45, 7) is -0.727. The number of unbranched alkanes of at least 4 members (excludes halogenated alkanes) is 2. The van der Waals surface area contributed by atoms with Crippen LogP contribution in [-0.4, -0.2) is 64.3 Å². The van der Waals surface area contributed by atoms with Crippen LogP contribution >= 0.6 is 0 Å². The molecule has 0 aromatic carbocycles. The minimum absolute atomic E-state index is 0.00138. The second kappa shape index (κ2) is 18.1. The van der Waals surface area contributed by atoms with Crippen LogP contribution in [-0.2, 0) is 28.7 Å². The molecule has 0 amide bonds. The molecule has 0 spiro atoms. The lowest BCUT2D eigenvalue weighted by atomic mass is 10.2. The maximum absolute atomic E-state index is 11.2. The molecule has 0 heterocycles. The fraction of sp³-hybridized carbons (Fsp3) is 0.733. The van der Waals surface area contributed by atoms with Gasteiger partial charge >= 0.3 is 23.9 Å². The number of carboxylic acids is 2. The predicted octanol–water partition coefficient (Wildman–Crippen LogP) is 0.291. The Labute approximate surface area is 145 Å². The van der Waals surface area contributed by atoms with Crippen LogP contribution in [0.4, 0.5) is 0 Å². The Hall–Kier alpha value is -2.20. The van der Waals surface area contributed by atoms with Crippen molar-refractivity contribution in [3.63, 3.8) is 0 Å². The van der Waals surface area contributed by atoms with Gasteiger partial charge in [-0.3, -0.25) is 19.2 Å². The summed E-state index contributed by atoms with van der Waals surface area (Å²) in [5.74, 6) is -2.95. The van der Waals surface area contributed by atoms with Gasteiger partial charge in [0.25, 0.3) is 0 Å². The van der Waals surface area contributed by atoms with Gasteiger partial charge in [0, 0.05) is 25.7 Å². The summed E-state index contributed by atoms with van der Waals surface area (Å²) in [6.07, 6.45) is 1.70. The van der Waals surface area contributed by atoms with Crippen molar-refractivity contribution in [3.05, 3.63) is 0 Å². The molecular formula is C15H26O10. The van der Waals surface area contributed by atoms with E-state index in [4.69, 9.17) is 20.4 Å². The molecule has 0 rings (SSSR count). The van der Waals surface area contributed by atoms with Crippen LogP contribution < -0.4 is 0 Å². The summed E-state index contributed by atoms with van der Waals surface area (Å²) in [5, 5.41) is 32.0. The third-order valence-corrected chi connectivity index (χ3v) is 2.58. The van der Waals surface area contributed by atoms with Crippen LogP contribution in [0.1, 0.15) is 51.4 Å². The van der Waals surface area contributed by atoms with Crippen molar-refractivity contribution in [2.45, 2.75) is 51.4 Å². The van der Waals surface area contributed by atoms with Crippen LogP contribution in [0.15, 0.2) is 0 Å². The Kier molecular flexibility index (Phi) is 18.2. The first-order valence-corrected chi connectivity index (χ1v) is 7.80. The van der Waals surface area contributed by atoms with Crippen molar-refractivity contribution in [2.75, 3.05) is 20.0 Å². The molecule has 25 heavy (non-hydrogen) atoms. The van der Waals surface area contributed by atoms with E-state index in [2.05, 4.69) is 9.47 Å². The smallest absolute Gasteiger partial charge is 0.308 e. The Bertz CT molecular complexity index is 358. The molecule has 10 heteroatoms. The summed E-state index contributed by atoms with van der Waals surface area (Å²) >= 11 is 0. The monoisotopic (exact) mass is 366 g/mol. The van der Waals surface area contributed by atoms with Gasteiger partial charge in [-0.15, -0.1) is 0 Å². The van der Waals surface area contributed by atoms with Gasteiger partial charge in [-0.05, 0) is 25.7 Å². The Morgan fingerprint density at radius 3 is 1.20 bits per heavy atom. The van der Waals surface area contributed by atoms with E-state index in [1.807, 2.05) is 0 Å². The first-order chi connectivity index (χ1) is 11.8. The van der Waals surface area contributed by atoms with Gasteiger partial charge in [-0.2, -0.15) is 0 Å². The SMILES string of the molecule is O=C(O)CCCCC(=O)OCOC(=O)CCCCC(=O)O.OCCO. The number of aliphatic hydroxyl groups excluding tert-OH is 2. The molecule has 0 radical (unpaired) electrons. The van der Waals surface area contributed by atoms with Gasteiger partial charge < -0.3 is 29.9 Å². The van der Waals surface area contributed by atoms with E-state index < -0.39 is 30.7 Å². The van der Waals surface area contributed by atoms with E-state index >= 15 is 0 Å². The minimum atomic E-state index is -0.916. The van der Waals surface area contributed by atoms with Gasteiger partial charge in [0.05, 0.1) is 13.2 Å². The number of aliphatic carboxylic acids is 2. The summed E-state index contributed by atoms with van der Waals surface area (Å²) in [4.78, 5) is 42.8. The lowest BCUT2D eigenvalue weighted by Gasteiger charge is -2.06. The Morgan fingerprint density at radius 1 is 0.600 bits per heavy atom. The normalized spacial score (nSPS) is 9.52. The topological polar surface area (TPSA) is 168 Å². The van der Waals surface area contributed by atoms with Crippen LogP contribution in [0.5, 0.6) is 0 Å². The van der Waals surface area contributed by atoms with Crippen LogP contribution in [0.25, 0.3) is 0 Å². The zero-order valence-corrected chi connectivity index (χ0v) is 14.0. The van der Waals surface area contributed by atoms with Gasteiger partial charge in [-0.25, -0.2) is 0 Å². The number of carbonyl (C=O) groups excluding carboxylic acids is 2. The lowest BCUT2D eigenvalue weighted by Crippen LogP contribution is -2.12. The number of hydrogen-bond acceptors (Lipinski definition) is 8. The van der Waals surface area contributed by atoms with E-state index in [1.165, 1.54) is 0 Å². The molecule has 0 saturated heterocycles. The predicted molar refractivity (Wildman–Crippen MR) is 83.4 cm³/mol. The molecule has 0 aliphatic carbocycles. The zero-order chi connectivity index (χ0) is 19.5. The molecule has 0 saturated carbocycles. The van der Waals surface area contributed by atoms with Gasteiger partial charge in [0.2, 0.25) is 6.79 Å². The highest BCUT2D eigenvalue weighted by molar-refractivity contribution is 5.71. The number of aliphatic hydroxyl groups is 2. The average Bonchev–Trinajstić information content (AvgIpc) is 2.55. The van der Waals surface area contributed by atoms with Gasteiger partial charge in [0.15, 0.2) is 0 Å². The van der Waals surface area contributed by atoms with Gasteiger partial charge in [-0.1, -0.05) is 0 Å². The third-order valence-electron chi connectivity index (χ3n) is 2.58. The molecule has 0 aromatic heterocycles. The molecule has 0 aliphatic rings. The van der Waals surface area contributed by atoms with Crippen molar-refractivity contribution in [2.24, 2.45) is 0 Å². The number of rotatable bonds is 13. The Balaban J connectivity index is 0. The first kappa shape index (κ1) is 25.0. The minimum Gasteiger partial charge on any atom is -0.481 e. The lowest BCUT2D eigenvalue weighted by molar-refractivity contribution is -0.167. The fourth-order valence-electron chi connectivity index (χ4n) is 1.40. The van der Waals surface area contributed by atoms with Crippen molar-refractivity contribution >= 4 is 23.9 Å².